The number of aromatic nitrogens is 3. The van der Waals surface area contributed by atoms with Crippen molar-refractivity contribution in [3.8, 4) is 22.8 Å². The van der Waals surface area contributed by atoms with Crippen LogP contribution in [0.3, 0.4) is 0 Å². The molecule has 3 N–H and O–H groups in total. The van der Waals surface area contributed by atoms with Gasteiger partial charge in [-0.1, -0.05) is 0 Å². The zero-order valence-corrected chi connectivity index (χ0v) is 15.2. The molecular formula is C19H21N5O3. The van der Waals surface area contributed by atoms with Crippen LogP contribution in [-0.2, 0) is 0 Å². The lowest BCUT2D eigenvalue weighted by molar-refractivity contribution is 0.0941. The standard InChI is InChI=1S/C19H21N5O3/c1-26-15-4-3-11(7-16(15)27-2)14-10-22-18-17(24-14)13(9-21-18)19(25)23-12-5-6-20-8-12/h3-4,7,9-10,12,20H,5-6,8H2,1-2H3,(H,21,22)(H,23,25). The first-order chi connectivity index (χ1) is 13.2. The van der Waals surface area contributed by atoms with E-state index in [1.54, 1.807) is 26.6 Å². The van der Waals surface area contributed by atoms with Crippen LogP contribution in [0, 0.1) is 0 Å². The zero-order chi connectivity index (χ0) is 18.8. The van der Waals surface area contributed by atoms with Crippen molar-refractivity contribution in [2.45, 2.75) is 12.5 Å². The Bertz CT molecular complexity index is 979. The van der Waals surface area contributed by atoms with E-state index in [0.29, 0.717) is 33.9 Å². The molecule has 3 aromatic rings. The van der Waals surface area contributed by atoms with Crippen molar-refractivity contribution < 1.29 is 14.3 Å². The fourth-order valence-electron chi connectivity index (χ4n) is 3.24. The monoisotopic (exact) mass is 367 g/mol. The van der Waals surface area contributed by atoms with Crippen molar-refractivity contribution in [3.63, 3.8) is 0 Å². The maximum Gasteiger partial charge on any atom is 0.255 e. The van der Waals surface area contributed by atoms with Gasteiger partial charge in [-0.2, -0.15) is 0 Å². The van der Waals surface area contributed by atoms with Gasteiger partial charge in [0.05, 0.1) is 31.7 Å². The van der Waals surface area contributed by atoms with Crippen molar-refractivity contribution in [1.82, 2.24) is 25.6 Å². The van der Waals surface area contributed by atoms with Gasteiger partial charge in [0, 0.05) is 24.3 Å². The Kier molecular flexibility index (Phi) is 4.64. The molecule has 0 aliphatic carbocycles. The number of H-pyrrole nitrogens is 1. The lowest BCUT2D eigenvalue weighted by atomic mass is 10.1. The predicted octanol–water partition coefficient (Wildman–Crippen LogP) is 1.73. The molecule has 1 atom stereocenters. The summed E-state index contributed by atoms with van der Waals surface area (Å²) in [5, 5.41) is 6.28. The van der Waals surface area contributed by atoms with Gasteiger partial charge in [0.15, 0.2) is 17.1 Å². The average molecular weight is 367 g/mol. The third kappa shape index (κ3) is 3.31. The molecule has 1 unspecified atom stereocenters. The molecule has 2 aromatic heterocycles. The third-order valence-corrected chi connectivity index (χ3v) is 4.70. The third-order valence-electron chi connectivity index (χ3n) is 4.70. The number of carbonyl (C=O) groups excluding carboxylic acids is 1. The number of hydrogen-bond acceptors (Lipinski definition) is 6. The predicted molar refractivity (Wildman–Crippen MR) is 101 cm³/mol. The quantitative estimate of drug-likeness (QED) is 0.635. The second kappa shape index (κ2) is 7.24. The Morgan fingerprint density at radius 2 is 2.11 bits per heavy atom. The number of hydrogen-bond donors (Lipinski definition) is 3. The van der Waals surface area contributed by atoms with E-state index in [-0.39, 0.29) is 11.9 Å². The van der Waals surface area contributed by atoms with Gasteiger partial charge in [0.25, 0.3) is 5.91 Å². The van der Waals surface area contributed by atoms with Crippen molar-refractivity contribution >= 4 is 17.1 Å². The smallest absolute Gasteiger partial charge is 0.255 e. The Hall–Kier alpha value is -3.13. The minimum Gasteiger partial charge on any atom is -0.493 e. The lowest BCUT2D eigenvalue weighted by Gasteiger charge is -2.11. The number of rotatable bonds is 5. The van der Waals surface area contributed by atoms with Crippen molar-refractivity contribution in [2.24, 2.45) is 0 Å². The fourth-order valence-corrected chi connectivity index (χ4v) is 3.24. The lowest BCUT2D eigenvalue weighted by Crippen LogP contribution is -2.36. The van der Waals surface area contributed by atoms with E-state index in [1.807, 2.05) is 18.2 Å². The Balaban J connectivity index is 1.68. The Morgan fingerprint density at radius 3 is 2.85 bits per heavy atom. The summed E-state index contributed by atoms with van der Waals surface area (Å²) < 4.78 is 10.6. The first kappa shape index (κ1) is 17.3. The van der Waals surface area contributed by atoms with Crippen molar-refractivity contribution in [2.75, 3.05) is 27.3 Å². The average Bonchev–Trinajstić information content (AvgIpc) is 3.36. The SMILES string of the molecule is COc1ccc(-c2cnc3[nH]cc(C(=O)NC4CCNC4)c3n2)cc1OC. The van der Waals surface area contributed by atoms with Gasteiger partial charge < -0.3 is 25.1 Å². The number of ether oxygens (including phenoxy) is 2. The molecule has 1 saturated heterocycles. The highest BCUT2D eigenvalue weighted by atomic mass is 16.5. The normalized spacial score (nSPS) is 16.4. The van der Waals surface area contributed by atoms with E-state index in [9.17, 15) is 4.79 Å². The van der Waals surface area contributed by atoms with Gasteiger partial charge in [-0.05, 0) is 31.2 Å². The van der Waals surface area contributed by atoms with Gasteiger partial charge in [-0.15, -0.1) is 0 Å². The van der Waals surface area contributed by atoms with Crippen molar-refractivity contribution in [3.05, 3.63) is 36.2 Å². The summed E-state index contributed by atoms with van der Waals surface area (Å²) >= 11 is 0. The molecule has 3 heterocycles. The zero-order valence-electron chi connectivity index (χ0n) is 15.2. The summed E-state index contributed by atoms with van der Waals surface area (Å²) in [4.78, 5) is 24.7. The molecule has 27 heavy (non-hydrogen) atoms. The largest absolute Gasteiger partial charge is 0.493 e. The summed E-state index contributed by atoms with van der Waals surface area (Å²) in [6, 6.07) is 5.68. The van der Waals surface area contributed by atoms with Crippen LogP contribution in [0.5, 0.6) is 11.5 Å². The number of amides is 1. The minimum atomic E-state index is -0.145. The molecular weight excluding hydrogens is 346 g/mol. The Morgan fingerprint density at radius 1 is 1.26 bits per heavy atom. The summed E-state index contributed by atoms with van der Waals surface area (Å²) in [7, 11) is 3.18. The molecule has 1 fully saturated rings. The topological polar surface area (TPSA) is 101 Å². The molecule has 140 valence electrons. The van der Waals surface area contributed by atoms with Crippen LogP contribution in [0.4, 0.5) is 0 Å². The van der Waals surface area contributed by atoms with Gasteiger partial charge in [-0.3, -0.25) is 4.79 Å². The van der Waals surface area contributed by atoms with E-state index in [1.165, 1.54) is 0 Å². The number of methoxy groups -OCH3 is 2. The molecule has 1 aliphatic rings. The van der Waals surface area contributed by atoms with Crippen molar-refractivity contribution in [1.29, 1.82) is 0 Å². The highest BCUT2D eigenvalue weighted by Crippen LogP contribution is 2.32. The molecule has 1 amide bonds. The second-order valence-corrected chi connectivity index (χ2v) is 6.39. The van der Waals surface area contributed by atoms with Crippen LogP contribution in [0.15, 0.2) is 30.6 Å². The Labute approximate surface area is 156 Å². The second-order valence-electron chi connectivity index (χ2n) is 6.39. The molecule has 1 aromatic carbocycles. The van der Waals surface area contributed by atoms with Crippen LogP contribution in [0.25, 0.3) is 22.4 Å². The summed E-state index contributed by atoms with van der Waals surface area (Å²) in [5.74, 6) is 1.11. The first-order valence-corrected chi connectivity index (χ1v) is 8.77. The van der Waals surface area contributed by atoms with E-state index in [4.69, 9.17) is 9.47 Å². The molecule has 0 radical (unpaired) electrons. The van der Waals surface area contributed by atoms with Gasteiger partial charge in [0.1, 0.15) is 5.52 Å². The molecule has 8 nitrogen and oxygen atoms in total. The van der Waals surface area contributed by atoms with Gasteiger partial charge in [-0.25, -0.2) is 9.97 Å². The molecule has 1 aliphatic heterocycles. The number of carbonyl (C=O) groups is 1. The van der Waals surface area contributed by atoms with Crippen LogP contribution in [-0.4, -0.2) is 54.2 Å². The number of benzene rings is 1. The maximum absolute atomic E-state index is 12.6. The van der Waals surface area contributed by atoms with Crippen LogP contribution < -0.4 is 20.1 Å². The minimum absolute atomic E-state index is 0.143. The number of nitrogens with zero attached hydrogens (tertiary/aromatic N) is 2. The summed E-state index contributed by atoms with van der Waals surface area (Å²) in [6.45, 7) is 1.71. The molecule has 0 spiro atoms. The maximum atomic E-state index is 12.6. The molecule has 0 bridgehead atoms. The van der Waals surface area contributed by atoms with Gasteiger partial charge in [0.2, 0.25) is 0 Å². The number of fused-ring (bicyclic) bond motifs is 1. The molecule has 0 saturated carbocycles. The number of aromatic amines is 1. The van der Waals surface area contributed by atoms with Crippen LogP contribution >= 0.6 is 0 Å². The highest BCUT2D eigenvalue weighted by Gasteiger charge is 2.21. The highest BCUT2D eigenvalue weighted by molar-refractivity contribution is 6.04. The first-order valence-electron chi connectivity index (χ1n) is 8.77. The van der Waals surface area contributed by atoms with E-state index in [0.717, 1.165) is 25.1 Å². The summed E-state index contributed by atoms with van der Waals surface area (Å²) in [5.41, 5.74) is 3.10. The van der Waals surface area contributed by atoms with E-state index >= 15 is 0 Å². The molecule has 8 heteroatoms. The van der Waals surface area contributed by atoms with Crippen LogP contribution in [0.1, 0.15) is 16.8 Å². The molecule has 4 rings (SSSR count). The van der Waals surface area contributed by atoms with Crippen LogP contribution in [0.2, 0.25) is 0 Å². The van der Waals surface area contributed by atoms with Gasteiger partial charge >= 0.3 is 0 Å². The summed E-state index contributed by atoms with van der Waals surface area (Å²) in [6.07, 6.45) is 4.25. The fraction of sp³-hybridized carbons (Fsp3) is 0.316. The van der Waals surface area contributed by atoms with E-state index < -0.39 is 0 Å². The van der Waals surface area contributed by atoms with E-state index in [2.05, 4.69) is 25.6 Å². The number of nitrogens with one attached hydrogen (secondary N) is 3.